The van der Waals surface area contributed by atoms with E-state index in [4.69, 9.17) is 9.47 Å². The van der Waals surface area contributed by atoms with Gasteiger partial charge in [0, 0.05) is 43.5 Å². The zero-order valence-corrected chi connectivity index (χ0v) is 16.7. The van der Waals surface area contributed by atoms with E-state index in [9.17, 15) is 8.78 Å². The summed E-state index contributed by atoms with van der Waals surface area (Å²) in [6.45, 7) is 1.65. The number of nitrogens with one attached hydrogen (secondary N) is 1. The number of hydrogen-bond donors (Lipinski definition) is 1. The van der Waals surface area contributed by atoms with Crippen molar-refractivity contribution < 1.29 is 18.3 Å². The molecule has 1 N–H and O–H groups in total. The maximum Gasteiger partial charge on any atom is 0.253 e. The predicted octanol–water partition coefficient (Wildman–Crippen LogP) is 4.19. The van der Waals surface area contributed by atoms with Gasteiger partial charge >= 0.3 is 0 Å². The van der Waals surface area contributed by atoms with Crippen LogP contribution < -0.4 is 4.74 Å². The predicted molar refractivity (Wildman–Crippen MR) is 110 cm³/mol. The van der Waals surface area contributed by atoms with Crippen LogP contribution in [0.25, 0.3) is 33.2 Å². The summed E-state index contributed by atoms with van der Waals surface area (Å²) in [6, 6.07) is 7.64. The Bertz CT molecular complexity index is 1260. The summed E-state index contributed by atoms with van der Waals surface area (Å²) in [7, 11) is 0. The van der Waals surface area contributed by atoms with E-state index in [0.717, 1.165) is 46.0 Å². The zero-order chi connectivity index (χ0) is 21.0. The molecule has 31 heavy (non-hydrogen) atoms. The number of hydrogen-bond acceptors (Lipinski definition) is 5. The summed E-state index contributed by atoms with van der Waals surface area (Å²) in [5, 5.41) is 8.39. The Hall–Kier alpha value is -3.07. The number of benzene rings is 1. The van der Waals surface area contributed by atoms with Gasteiger partial charge in [0.25, 0.3) is 5.92 Å². The third-order valence-corrected chi connectivity index (χ3v) is 6.16. The second-order valence-corrected chi connectivity index (χ2v) is 8.30. The smallest absolute Gasteiger partial charge is 0.253 e. The normalized spacial score (nSPS) is 21.0. The molecule has 2 fully saturated rings. The minimum atomic E-state index is -2.54. The number of alkyl halides is 2. The zero-order valence-electron chi connectivity index (χ0n) is 16.7. The van der Waals surface area contributed by atoms with Crippen molar-refractivity contribution in [2.24, 2.45) is 5.92 Å². The minimum Gasteiger partial charge on any atom is -0.474 e. The van der Waals surface area contributed by atoms with Gasteiger partial charge in [-0.3, -0.25) is 5.10 Å². The molecule has 7 nitrogen and oxygen atoms in total. The average Bonchev–Trinajstić information content (AvgIpc) is 3.12. The lowest BCUT2D eigenvalue weighted by molar-refractivity contribution is 0.0244. The van der Waals surface area contributed by atoms with E-state index in [-0.39, 0.29) is 19.1 Å². The number of pyridine rings is 1. The van der Waals surface area contributed by atoms with Crippen LogP contribution in [0.5, 0.6) is 5.88 Å². The number of rotatable bonds is 5. The summed E-state index contributed by atoms with van der Waals surface area (Å²) in [5.41, 5.74) is 4.02. The minimum absolute atomic E-state index is 0.0487. The summed E-state index contributed by atoms with van der Waals surface area (Å²) in [4.78, 5) is 8.90. The van der Waals surface area contributed by atoms with Crippen molar-refractivity contribution in [2.45, 2.75) is 37.8 Å². The van der Waals surface area contributed by atoms with Gasteiger partial charge in [0.1, 0.15) is 11.8 Å². The van der Waals surface area contributed by atoms with Crippen LogP contribution in [-0.2, 0) is 11.3 Å². The molecule has 1 aliphatic heterocycles. The van der Waals surface area contributed by atoms with E-state index in [1.54, 1.807) is 17.1 Å². The highest BCUT2D eigenvalue weighted by molar-refractivity contribution is 5.98. The molecule has 1 aromatic carbocycles. The molecule has 6 rings (SSSR count). The lowest BCUT2D eigenvalue weighted by Gasteiger charge is -2.23. The van der Waals surface area contributed by atoms with Gasteiger partial charge < -0.3 is 14.0 Å². The largest absolute Gasteiger partial charge is 0.474 e. The molecule has 1 unspecified atom stereocenters. The van der Waals surface area contributed by atoms with Crippen LogP contribution in [0.3, 0.4) is 0 Å². The van der Waals surface area contributed by atoms with Crippen LogP contribution in [0, 0.1) is 5.92 Å². The van der Waals surface area contributed by atoms with E-state index < -0.39 is 11.8 Å². The Morgan fingerprint density at radius 1 is 1.19 bits per heavy atom. The van der Waals surface area contributed by atoms with Crippen LogP contribution in [0.15, 0.2) is 36.8 Å². The highest BCUT2D eigenvalue weighted by Gasteiger charge is 2.56. The molecule has 0 radical (unpaired) electrons. The van der Waals surface area contributed by atoms with Crippen molar-refractivity contribution in [1.82, 2.24) is 24.7 Å². The standard InChI is InChI=1S/C22H21F2N5O2/c23-22(24)10-14(22)11-29-12-26-17-9-13(1-2-18(17)29)20-19-16(27-28-20)3-6-25-21(19)31-15-4-7-30-8-5-15/h1-3,6,9,12,14-15H,4-5,7-8,10-11H2,(H,27,28). The molecule has 1 aliphatic carbocycles. The first-order valence-electron chi connectivity index (χ1n) is 10.5. The van der Waals surface area contributed by atoms with Crippen molar-refractivity contribution >= 4 is 21.9 Å². The molecule has 4 aromatic rings. The number of aromatic nitrogens is 5. The first kappa shape index (κ1) is 18.7. The fourth-order valence-corrected chi connectivity index (χ4v) is 4.25. The highest BCUT2D eigenvalue weighted by Crippen LogP contribution is 2.49. The van der Waals surface area contributed by atoms with Crippen LogP contribution in [0.1, 0.15) is 19.3 Å². The number of H-pyrrole nitrogens is 1. The van der Waals surface area contributed by atoms with Gasteiger partial charge in [0.15, 0.2) is 0 Å². The molecule has 0 amide bonds. The van der Waals surface area contributed by atoms with Gasteiger partial charge in [0.2, 0.25) is 5.88 Å². The van der Waals surface area contributed by atoms with Crippen LogP contribution in [-0.4, -0.2) is 50.0 Å². The Labute approximate surface area is 176 Å². The fourth-order valence-electron chi connectivity index (χ4n) is 4.25. The molecule has 0 bridgehead atoms. The first-order chi connectivity index (χ1) is 15.1. The topological polar surface area (TPSA) is 77.9 Å². The van der Waals surface area contributed by atoms with E-state index in [1.807, 2.05) is 24.3 Å². The summed E-state index contributed by atoms with van der Waals surface area (Å²) in [5.74, 6) is -2.59. The molecule has 160 valence electrons. The monoisotopic (exact) mass is 425 g/mol. The first-order valence-corrected chi connectivity index (χ1v) is 10.5. The summed E-state index contributed by atoms with van der Waals surface area (Å²) in [6.07, 6.45) is 5.01. The SMILES string of the molecule is FC1(F)CC1Cn1cnc2cc(-c3n[nH]c4ccnc(OC5CCOCC5)c34)ccc21. The van der Waals surface area contributed by atoms with Gasteiger partial charge in [0.05, 0.1) is 41.5 Å². The molecular formula is C22H21F2N5O2. The quantitative estimate of drug-likeness (QED) is 0.519. The van der Waals surface area contributed by atoms with Gasteiger partial charge in [-0.15, -0.1) is 0 Å². The van der Waals surface area contributed by atoms with Crippen molar-refractivity contribution in [3.8, 4) is 17.1 Å². The van der Waals surface area contributed by atoms with Crippen LogP contribution in [0.4, 0.5) is 8.78 Å². The third-order valence-electron chi connectivity index (χ3n) is 6.16. The second-order valence-electron chi connectivity index (χ2n) is 8.30. The molecule has 0 spiro atoms. The Balaban J connectivity index is 1.35. The van der Waals surface area contributed by atoms with Crippen molar-refractivity contribution in [1.29, 1.82) is 0 Å². The maximum absolute atomic E-state index is 13.3. The molecule has 1 saturated carbocycles. The summed E-state index contributed by atoms with van der Waals surface area (Å²) >= 11 is 0. The molecule has 2 aliphatic rings. The van der Waals surface area contributed by atoms with Gasteiger partial charge in [-0.2, -0.15) is 5.10 Å². The van der Waals surface area contributed by atoms with E-state index in [0.29, 0.717) is 19.1 Å². The Morgan fingerprint density at radius 3 is 2.84 bits per heavy atom. The lowest BCUT2D eigenvalue weighted by atomic mass is 10.1. The molecule has 4 heterocycles. The maximum atomic E-state index is 13.3. The number of imidazole rings is 1. The van der Waals surface area contributed by atoms with Crippen molar-refractivity contribution in [3.63, 3.8) is 0 Å². The molecule has 3 aromatic heterocycles. The highest BCUT2D eigenvalue weighted by atomic mass is 19.3. The van der Waals surface area contributed by atoms with E-state index in [2.05, 4.69) is 20.2 Å². The lowest BCUT2D eigenvalue weighted by Crippen LogP contribution is -2.26. The average molecular weight is 425 g/mol. The van der Waals surface area contributed by atoms with Crippen molar-refractivity contribution in [2.75, 3.05) is 13.2 Å². The number of ether oxygens (including phenoxy) is 2. The number of fused-ring (bicyclic) bond motifs is 2. The molecular weight excluding hydrogens is 404 g/mol. The van der Waals surface area contributed by atoms with Crippen LogP contribution >= 0.6 is 0 Å². The number of nitrogens with zero attached hydrogens (tertiary/aromatic N) is 4. The molecule has 1 atom stereocenters. The summed E-state index contributed by atoms with van der Waals surface area (Å²) < 4.78 is 40.1. The third kappa shape index (κ3) is 3.33. The van der Waals surface area contributed by atoms with Gasteiger partial charge in [-0.05, 0) is 18.2 Å². The number of halogens is 2. The fraction of sp³-hybridized carbons (Fsp3) is 0.409. The second kappa shape index (κ2) is 6.98. The van der Waals surface area contributed by atoms with Crippen LogP contribution in [0.2, 0.25) is 0 Å². The van der Waals surface area contributed by atoms with E-state index in [1.165, 1.54) is 0 Å². The van der Waals surface area contributed by atoms with E-state index >= 15 is 0 Å². The van der Waals surface area contributed by atoms with Gasteiger partial charge in [-0.1, -0.05) is 6.07 Å². The molecule has 1 saturated heterocycles. The molecule has 9 heteroatoms. The Kier molecular flexibility index (Phi) is 4.21. The number of aromatic amines is 1. The Morgan fingerprint density at radius 2 is 2.03 bits per heavy atom. The van der Waals surface area contributed by atoms with Gasteiger partial charge in [-0.25, -0.2) is 18.7 Å². The van der Waals surface area contributed by atoms with Crippen molar-refractivity contribution in [3.05, 3.63) is 36.8 Å².